The minimum atomic E-state index is -3.68. The van der Waals surface area contributed by atoms with Gasteiger partial charge in [0.1, 0.15) is 11.8 Å². The molecule has 0 atom stereocenters. The Morgan fingerprint density at radius 1 is 1.15 bits per heavy atom. The Bertz CT molecular complexity index is 1660. The van der Waals surface area contributed by atoms with E-state index in [1.165, 1.54) is 18.3 Å². The maximum absolute atomic E-state index is 12.6. The summed E-state index contributed by atoms with van der Waals surface area (Å²) < 4.78 is 26.0. The summed E-state index contributed by atoms with van der Waals surface area (Å²) in [4.78, 5) is 27.6. The molecule has 0 aliphatic heterocycles. The van der Waals surface area contributed by atoms with Crippen LogP contribution in [0.4, 0.5) is 0 Å². The predicted molar refractivity (Wildman–Crippen MR) is 128 cm³/mol. The first-order chi connectivity index (χ1) is 16.2. The van der Waals surface area contributed by atoms with Crippen molar-refractivity contribution in [3.63, 3.8) is 0 Å². The topological polar surface area (TPSA) is 133 Å². The van der Waals surface area contributed by atoms with Crippen LogP contribution in [-0.4, -0.2) is 35.3 Å². The quantitative estimate of drug-likeness (QED) is 0.438. The van der Waals surface area contributed by atoms with Crippen LogP contribution in [0.5, 0.6) is 0 Å². The van der Waals surface area contributed by atoms with Gasteiger partial charge in [-0.15, -0.1) is 0 Å². The molecular weight excluding hydrogens is 454 g/mol. The van der Waals surface area contributed by atoms with E-state index < -0.39 is 21.4 Å². The van der Waals surface area contributed by atoms with Crippen LogP contribution >= 0.6 is 0 Å². The van der Waals surface area contributed by atoms with E-state index in [0.717, 1.165) is 18.2 Å². The molecule has 34 heavy (non-hydrogen) atoms. The van der Waals surface area contributed by atoms with Crippen molar-refractivity contribution in [2.75, 3.05) is 6.26 Å². The minimum absolute atomic E-state index is 0.0196. The third kappa shape index (κ3) is 4.00. The number of pyridine rings is 1. The zero-order chi connectivity index (χ0) is 24.6. The fraction of sp³-hybridized carbons (Fsp3) is 0.160. The molecule has 0 aliphatic rings. The molecule has 0 saturated carbocycles. The SMILES string of the molecule is CCc1ccc2c(c1)c(-c1ccc[nH]c1=O)c(C(=O)O)n2Cc1ccc(C#N)c(S(C)(=O)=O)c1. The Morgan fingerprint density at radius 2 is 1.88 bits per heavy atom. The molecule has 0 unspecified atom stereocenters. The van der Waals surface area contributed by atoms with E-state index in [1.54, 1.807) is 22.8 Å². The first-order valence-corrected chi connectivity index (χ1v) is 12.3. The van der Waals surface area contributed by atoms with Crippen molar-refractivity contribution in [2.24, 2.45) is 0 Å². The van der Waals surface area contributed by atoms with Gasteiger partial charge in [-0.25, -0.2) is 13.2 Å². The molecule has 0 aliphatic carbocycles. The first kappa shape index (κ1) is 23.0. The van der Waals surface area contributed by atoms with Gasteiger partial charge in [0.15, 0.2) is 9.84 Å². The van der Waals surface area contributed by atoms with Crippen molar-refractivity contribution in [1.29, 1.82) is 5.26 Å². The van der Waals surface area contributed by atoms with E-state index in [-0.39, 0.29) is 28.3 Å². The fourth-order valence-corrected chi connectivity index (χ4v) is 5.02. The van der Waals surface area contributed by atoms with Gasteiger partial charge in [-0.05, 0) is 53.9 Å². The van der Waals surface area contributed by atoms with Gasteiger partial charge in [0.05, 0.1) is 10.5 Å². The molecule has 0 spiro atoms. The summed E-state index contributed by atoms with van der Waals surface area (Å²) in [7, 11) is -3.68. The molecule has 4 rings (SSSR count). The third-order valence-corrected chi connectivity index (χ3v) is 6.87. The summed E-state index contributed by atoms with van der Waals surface area (Å²) in [5.41, 5.74) is 2.14. The van der Waals surface area contributed by atoms with Crippen LogP contribution in [0, 0.1) is 11.3 Å². The van der Waals surface area contributed by atoms with E-state index in [0.29, 0.717) is 22.0 Å². The monoisotopic (exact) mass is 475 g/mol. The number of benzene rings is 2. The van der Waals surface area contributed by atoms with Crippen molar-refractivity contribution < 1.29 is 18.3 Å². The highest BCUT2D eigenvalue weighted by molar-refractivity contribution is 7.90. The molecule has 0 fully saturated rings. The van der Waals surface area contributed by atoms with Crippen LogP contribution in [0.25, 0.3) is 22.0 Å². The average molecular weight is 476 g/mol. The van der Waals surface area contributed by atoms with Crippen LogP contribution < -0.4 is 5.56 Å². The third-order valence-electron chi connectivity index (χ3n) is 5.73. The van der Waals surface area contributed by atoms with Crippen LogP contribution in [0.3, 0.4) is 0 Å². The number of nitrogens with one attached hydrogen (secondary N) is 1. The van der Waals surface area contributed by atoms with Crippen LogP contribution in [0.2, 0.25) is 0 Å². The lowest BCUT2D eigenvalue weighted by Gasteiger charge is -2.11. The van der Waals surface area contributed by atoms with Gasteiger partial charge in [0.2, 0.25) is 0 Å². The van der Waals surface area contributed by atoms with Gasteiger partial charge in [0.25, 0.3) is 5.56 Å². The van der Waals surface area contributed by atoms with E-state index in [4.69, 9.17) is 0 Å². The number of aryl methyl sites for hydroxylation is 1. The van der Waals surface area contributed by atoms with Gasteiger partial charge in [0, 0.05) is 41.0 Å². The number of rotatable bonds is 6. The second-order valence-electron chi connectivity index (χ2n) is 7.95. The van der Waals surface area contributed by atoms with Crippen LogP contribution in [-0.2, 0) is 22.8 Å². The number of carbonyl (C=O) groups is 1. The number of carboxylic acids is 1. The molecule has 0 radical (unpaired) electrons. The van der Waals surface area contributed by atoms with E-state index in [2.05, 4.69) is 4.98 Å². The number of H-pyrrole nitrogens is 1. The number of hydrogen-bond acceptors (Lipinski definition) is 5. The maximum atomic E-state index is 12.6. The highest BCUT2D eigenvalue weighted by atomic mass is 32.2. The zero-order valence-electron chi connectivity index (χ0n) is 18.5. The standard InChI is InChI=1S/C25H21N3O5S/c1-3-15-7-9-20-19(11-15)22(18-5-4-10-27-24(18)29)23(25(30)31)28(20)14-16-6-8-17(13-26)21(12-16)34(2,32)33/h4-12H,3,14H2,1-2H3,(H,27,29)(H,30,31). The van der Waals surface area contributed by atoms with Gasteiger partial charge in [-0.2, -0.15) is 5.26 Å². The lowest BCUT2D eigenvalue weighted by atomic mass is 10.0. The summed E-state index contributed by atoms with van der Waals surface area (Å²) in [5, 5.41) is 20.1. The number of hydrogen-bond donors (Lipinski definition) is 2. The van der Waals surface area contributed by atoms with Crippen LogP contribution in [0.1, 0.15) is 34.1 Å². The van der Waals surface area contributed by atoms with Crippen molar-refractivity contribution in [3.05, 3.63) is 87.5 Å². The highest BCUT2D eigenvalue weighted by Crippen LogP contribution is 2.35. The number of aromatic nitrogens is 2. The summed E-state index contributed by atoms with van der Waals surface area (Å²) >= 11 is 0. The molecule has 2 heterocycles. The fourth-order valence-electron chi connectivity index (χ4n) is 4.15. The largest absolute Gasteiger partial charge is 0.477 e. The van der Waals surface area contributed by atoms with Crippen molar-refractivity contribution in [1.82, 2.24) is 9.55 Å². The Labute approximate surface area is 195 Å². The van der Waals surface area contributed by atoms with Gasteiger partial charge < -0.3 is 14.7 Å². The lowest BCUT2D eigenvalue weighted by Crippen LogP contribution is -2.14. The normalized spacial score (nSPS) is 11.4. The number of nitriles is 1. The lowest BCUT2D eigenvalue weighted by molar-refractivity contribution is 0.0687. The maximum Gasteiger partial charge on any atom is 0.353 e. The molecule has 4 aromatic rings. The summed E-state index contributed by atoms with van der Waals surface area (Å²) in [6.45, 7) is 2.01. The Balaban J connectivity index is 2.04. The molecule has 8 nitrogen and oxygen atoms in total. The number of carboxylic acid groups (broad SMARTS) is 1. The summed E-state index contributed by atoms with van der Waals surface area (Å²) in [5.74, 6) is -1.22. The number of aromatic carboxylic acids is 1. The molecule has 0 saturated heterocycles. The highest BCUT2D eigenvalue weighted by Gasteiger charge is 2.26. The Morgan fingerprint density at radius 3 is 2.50 bits per heavy atom. The Kier molecular flexibility index (Phi) is 5.85. The second-order valence-corrected chi connectivity index (χ2v) is 9.93. The number of fused-ring (bicyclic) bond motifs is 1. The molecule has 0 bridgehead atoms. The zero-order valence-corrected chi connectivity index (χ0v) is 19.3. The molecule has 9 heteroatoms. The molecule has 0 amide bonds. The molecule has 172 valence electrons. The summed E-state index contributed by atoms with van der Waals surface area (Å²) in [6.07, 6.45) is 3.22. The average Bonchev–Trinajstić information content (AvgIpc) is 3.12. The second kappa shape index (κ2) is 8.65. The molecule has 2 N–H and O–H groups in total. The molecule has 2 aromatic carbocycles. The van der Waals surface area contributed by atoms with E-state index in [1.807, 2.05) is 31.2 Å². The van der Waals surface area contributed by atoms with Crippen molar-refractivity contribution in [2.45, 2.75) is 24.8 Å². The van der Waals surface area contributed by atoms with Crippen molar-refractivity contribution >= 4 is 26.7 Å². The Hall–Kier alpha value is -4.16. The van der Waals surface area contributed by atoms with E-state index >= 15 is 0 Å². The first-order valence-electron chi connectivity index (χ1n) is 10.4. The van der Waals surface area contributed by atoms with Gasteiger partial charge in [-0.3, -0.25) is 4.79 Å². The number of sulfone groups is 1. The van der Waals surface area contributed by atoms with Gasteiger partial charge in [-0.1, -0.05) is 19.1 Å². The molecular formula is C25H21N3O5S. The van der Waals surface area contributed by atoms with E-state index in [9.17, 15) is 28.4 Å². The smallest absolute Gasteiger partial charge is 0.353 e. The number of aromatic amines is 1. The predicted octanol–water partition coefficient (Wildman–Crippen LogP) is 3.58. The molecule has 2 aromatic heterocycles. The van der Waals surface area contributed by atoms with Crippen molar-refractivity contribution in [3.8, 4) is 17.2 Å². The van der Waals surface area contributed by atoms with Crippen LogP contribution in [0.15, 0.2) is 64.4 Å². The van der Waals surface area contributed by atoms with Gasteiger partial charge >= 0.3 is 5.97 Å². The number of nitrogens with zero attached hydrogens (tertiary/aromatic N) is 2. The summed E-state index contributed by atoms with van der Waals surface area (Å²) in [6, 6.07) is 15.1. The minimum Gasteiger partial charge on any atom is -0.477 e.